The Morgan fingerprint density at radius 2 is 2.18 bits per heavy atom. The smallest absolute Gasteiger partial charge is 0.223 e. The van der Waals surface area contributed by atoms with E-state index in [4.69, 9.17) is 4.74 Å². The van der Waals surface area contributed by atoms with Crippen molar-refractivity contribution in [3.8, 4) is 0 Å². The SMILES string of the molecule is CC(C)OCCCN1C(=O)CC[C@H]1c1c[nH]c2ccccc12. The zero-order valence-electron chi connectivity index (χ0n) is 13.3. The van der Waals surface area contributed by atoms with Gasteiger partial charge in [-0.2, -0.15) is 0 Å². The van der Waals surface area contributed by atoms with Crippen LogP contribution in [-0.4, -0.2) is 35.0 Å². The van der Waals surface area contributed by atoms with Gasteiger partial charge in [-0.1, -0.05) is 18.2 Å². The van der Waals surface area contributed by atoms with E-state index in [-0.39, 0.29) is 18.1 Å². The highest BCUT2D eigenvalue weighted by atomic mass is 16.5. The number of fused-ring (bicyclic) bond motifs is 1. The van der Waals surface area contributed by atoms with Crippen molar-refractivity contribution in [2.24, 2.45) is 0 Å². The fourth-order valence-electron chi connectivity index (χ4n) is 3.26. The second-order valence-corrected chi connectivity index (χ2v) is 6.20. The van der Waals surface area contributed by atoms with E-state index in [0.717, 1.165) is 24.9 Å². The van der Waals surface area contributed by atoms with Crippen LogP contribution in [0.2, 0.25) is 0 Å². The number of carbonyl (C=O) groups excluding carboxylic acids is 1. The molecule has 1 atom stereocenters. The minimum atomic E-state index is 0.197. The number of amides is 1. The fourth-order valence-corrected chi connectivity index (χ4v) is 3.26. The Balaban J connectivity index is 1.73. The molecule has 1 saturated heterocycles. The molecule has 0 radical (unpaired) electrons. The van der Waals surface area contributed by atoms with Crippen LogP contribution >= 0.6 is 0 Å². The van der Waals surface area contributed by atoms with Gasteiger partial charge in [0.05, 0.1) is 12.1 Å². The average molecular weight is 300 g/mol. The summed E-state index contributed by atoms with van der Waals surface area (Å²) in [6, 6.07) is 8.49. The number of aromatic amines is 1. The van der Waals surface area contributed by atoms with Crippen LogP contribution in [0.5, 0.6) is 0 Å². The van der Waals surface area contributed by atoms with Crippen molar-refractivity contribution in [3.63, 3.8) is 0 Å². The first-order valence-corrected chi connectivity index (χ1v) is 8.14. The first-order valence-electron chi connectivity index (χ1n) is 8.14. The predicted octanol–water partition coefficient (Wildman–Crippen LogP) is 3.65. The highest BCUT2D eigenvalue weighted by Crippen LogP contribution is 2.36. The topological polar surface area (TPSA) is 45.3 Å². The highest BCUT2D eigenvalue weighted by Gasteiger charge is 2.32. The van der Waals surface area contributed by atoms with Crippen LogP contribution in [0.3, 0.4) is 0 Å². The van der Waals surface area contributed by atoms with Crippen molar-refractivity contribution >= 4 is 16.8 Å². The Kier molecular flexibility index (Phi) is 4.48. The van der Waals surface area contributed by atoms with Crippen molar-refractivity contribution in [1.82, 2.24) is 9.88 Å². The molecule has 1 aromatic carbocycles. The third-order valence-electron chi connectivity index (χ3n) is 4.30. The van der Waals surface area contributed by atoms with Crippen LogP contribution in [0.25, 0.3) is 10.9 Å². The second-order valence-electron chi connectivity index (χ2n) is 6.20. The highest BCUT2D eigenvalue weighted by molar-refractivity contribution is 5.86. The molecular formula is C18H24N2O2. The maximum absolute atomic E-state index is 12.2. The summed E-state index contributed by atoms with van der Waals surface area (Å²) < 4.78 is 5.59. The molecule has 1 aromatic heterocycles. The largest absolute Gasteiger partial charge is 0.379 e. The lowest BCUT2D eigenvalue weighted by atomic mass is 10.0. The molecule has 2 aromatic rings. The number of ether oxygens (including phenoxy) is 1. The third kappa shape index (κ3) is 3.02. The molecule has 0 bridgehead atoms. The summed E-state index contributed by atoms with van der Waals surface area (Å²) in [4.78, 5) is 17.6. The minimum absolute atomic E-state index is 0.197. The summed E-state index contributed by atoms with van der Waals surface area (Å²) in [7, 11) is 0. The molecule has 1 fully saturated rings. The summed E-state index contributed by atoms with van der Waals surface area (Å²) in [5, 5.41) is 1.23. The Morgan fingerprint density at radius 3 is 3.00 bits per heavy atom. The van der Waals surface area contributed by atoms with E-state index < -0.39 is 0 Å². The summed E-state index contributed by atoms with van der Waals surface area (Å²) in [5.41, 5.74) is 2.38. The van der Waals surface area contributed by atoms with E-state index in [1.807, 2.05) is 24.8 Å². The average Bonchev–Trinajstić information content (AvgIpc) is 3.07. The Bertz CT molecular complexity index is 647. The number of nitrogens with zero attached hydrogens (tertiary/aromatic N) is 1. The van der Waals surface area contributed by atoms with Crippen LogP contribution in [0.4, 0.5) is 0 Å². The number of likely N-dealkylation sites (tertiary alicyclic amines) is 1. The summed E-state index contributed by atoms with van der Waals surface area (Å²) >= 11 is 0. The zero-order chi connectivity index (χ0) is 15.5. The van der Waals surface area contributed by atoms with Gasteiger partial charge in [0, 0.05) is 36.7 Å². The van der Waals surface area contributed by atoms with E-state index in [0.29, 0.717) is 13.0 Å². The normalized spacial score (nSPS) is 18.8. The zero-order valence-corrected chi connectivity index (χ0v) is 13.3. The van der Waals surface area contributed by atoms with Crippen molar-refractivity contribution in [2.75, 3.05) is 13.2 Å². The van der Waals surface area contributed by atoms with Gasteiger partial charge in [0.1, 0.15) is 0 Å². The van der Waals surface area contributed by atoms with Gasteiger partial charge in [-0.3, -0.25) is 4.79 Å². The number of carbonyl (C=O) groups is 1. The van der Waals surface area contributed by atoms with Crippen molar-refractivity contribution in [3.05, 3.63) is 36.0 Å². The van der Waals surface area contributed by atoms with Gasteiger partial charge >= 0.3 is 0 Å². The molecule has 0 saturated carbocycles. The first-order chi connectivity index (χ1) is 10.7. The number of benzene rings is 1. The van der Waals surface area contributed by atoms with E-state index in [1.165, 1.54) is 10.9 Å². The Morgan fingerprint density at radius 1 is 1.36 bits per heavy atom. The van der Waals surface area contributed by atoms with Crippen LogP contribution in [0.1, 0.15) is 44.7 Å². The van der Waals surface area contributed by atoms with Gasteiger partial charge in [-0.05, 0) is 38.3 Å². The van der Waals surface area contributed by atoms with E-state index in [1.54, 1.807) is 0 Å². The number of hydrogen-bond acceptors (Lipinski definition) is 2. The number of aromatic nitrogens is 1. The number of H-pyrrole nitrogens is 1. The number of nitrogens with one attached hydrogen (secondary N) is 1. The molecule has 0 spiro atoms. The lowest BCUT2D eigenvalue weighted by molar-refractivity contribution is -0.129. The predicted molar refractivity (Wildman–Crippen MR) is 87.7 cm³/mol. The van der Waals surface area contributed by atoms with E-state index >= 15 is 0 Å². The molecule has 0 unspecified atom stereocenters. The maximum Gasteiger partial charge on any atom is 0.223 e. The van der Waals surface area contributed by atoms with Gasteiger partial charge in [-0.25, -0.2) is 0 Å². The monoisotopic (exact) mass is 300 g/mol. The molecule has 1 N–H and O–H groups in total. The Labute approximate surface area is 131 Å². The maximum atomic E-state index is 12.2. The molecule has 0 aliphatic carbocycles. The van der Waals surface area contributed by atoms with Gasteiger partial charge < -0.3 is 14.6 Å². The van der Waals surface area contributed by atoms with Crippen molar-refractivity contribution in [2.45, 2.75) is 45.3 Å². The molecule has 4 heteroatoms. The van der Waals surface area contributed by atoms with Crippen LogP contribution in [0.15, 0.2) is 30.5 Å². The minimum Gasteiger partial charge on any atom is -0.379 e. The molecule has 1 amide bonds. The Hall–Kier alpha value is -1.81. The van der Waals surface area contributed by atoms with Crippen molar-refractivity contribution in [1.29, 1.82) is 0 Å². The van der Waals surface area contributed by atoms with E-state index in [9.17, 15) is 4.79 Å². The van der Waals surface area contributed by atoms with E-state index in [2.05, 4.69) is 29.4 Å². The molecule has 1 aliphatic rings. The number of rotatable bonds is 6. The second kappa shape index (κ2) is 6.53. The lowest BCUT2D eigenvalue weighted by Crippen LogP contribution is -2.29. The van der Waals surface area contributed by atoms with Gasteiger partial charge in [0.25, 0.3) is 0 Å². The third-order valence-corrected chi connectivity index (χ3v) is 4.30. The summed E-state index contributed by atoms with van der Waals surface area (Å²) in [6.07, 6.45) is 4.76. The number of para-hydroxylation sites is 1. The number of hydrogen-bond donors (Lipinski definition) is 1. The van der Waals surface area contributed by atoms with Gasteiger partial charge in [0.2, 0.25) is 5.91 Å². The quantitative estimate of drug-likeness (QED) is 0.828. The fraction of sp³-hybridized carbons (Fsp3) is 0.500. The standard InChI is InChI=1S/C18H24N2O2/c1-13(2)22-11-5-10-20-17(8-9-18(20)21)15-12-19-16-7-4-3-6-14(15)16/h3-4,6-7,12-13,17,19H,5,8-11H2,1-2H3/t17-/m0/s1. The van der Waals surface area contributed by atoms with Crippen LogP contribution in [-0.2, 0) is 9.53 Å². The van der Waals surface area contributed by atoms with Crippen molar-refractivity contribution < 1.29 is 9.53 Å². The van der Waals surface area contributed by atoms with Crippen LogP contribution < -0.4 is 0 Å². The summed E-state index contributed by atoms with van der Waals surface area (Å²) in [5.74, 6) is 0.264. The van der Waals surface area contributed by atoms with Gasteiger partial charge in [0.15, 0.2) is 0 Å². The molecular weight excluding hydrogens is 276 g/mol. The first kappa shape index (κ1) is 15.1. The summed E-state index contributed by atoms with van der Waals surface area (Å²) in [6.45, 7) is 5.56. The van der Waals surface area contributed by atoms with Gasteiger partial charge in [-0.15, -0.1) is 0 Å². The molecule has 1 aliphatic heterocycles. The molecule has 118 valence electrons. The molecule has 2 heterocycles. The van der Waals surface area contributed by atoms with Crippen LogP contribution in [0, 0.1) is 0 Å². The molecule has 4 nitrogen and oxygen atoms in total. The molecule has 3 rings (SSSR count). The lowest BCUT2D eigenvalue weighted by Gasteiger charge is -2.25. The molecule has 22 heavy (non-hydrogen) atoms.